The third-order valence-corrected chi connectivity index (χ3v) is 6.65. The second-order valence-electron chi connectivity index (χ2n) is 6.54. The summed E-state index contributed by atoms with van der Waals surface area (Å²) in [5, 5.41) is 10.6. The Hall–Kier alpha value is -1.94. The zero-order chi connectivity index (χ0) is 19.8. The smallest absolute Gasteiger partial charge is 0.240 e. The average molecular weight is 423 g/mol. The molecule has 1 aromatic heterocycles. The Balaban J connectivity index is 1.48. The fourth-order valence-electron chi connectivity index (χ4n) is 2.86. The quantitative estimate of drug-likeness (QED) is 0.447. The lowest BCUT2D eigenvalue weighted by Gasteiger charge is -2.13. The molecule has 1 unspecified atom stereocenters. The molecule has 0 amide bonds. The zero-order valence-corrected chi connectivity index (χ0v) is 17.5. The topological polar surface area (TPSA) is 91.8 Å². The van der Waals surface area contributed by atoms with E-state index < -0.39 is 10.0 Å². The fraction of sp³-hybridized carbons (Fsp3) is 0.421. The highest BCUT2D eigenvalue weighted by Crippen LogP contribution is 2.14. The molecule has 2 heterocycles. The van der Waals surface area contributed by atoms with Crippen molar-refractivity contribution in [1.82, 2.24) is 15.4 Å². The van der Waals surface area contributed by atoms with Gasteiger partial charge in [0.25, 0.3) is 0 Å². The first kappa shape index (κ1) is 20.8. The lowest BCUT2D eigenvalue weighted by atomic mass is 10.2. The first-order chi connectivity index (χ1) is 13.6. The highest BCUT2D eigenvalue weighted by Gasteiger charge is 2.20. The van der Waals surface area contributed by atoms with Gasteiger partial charge in [-0.05, 0) is 52.9 Å². The minimum Gasteiger partial charge on any atom is -0.377 e. The summed E-state index contributed by atoms with van der Waals surface area (Å²) in [6, 6.07) is 8.92. The summed E-state index contributed by atoms with van der Waals surface area (Å²) in [4.78, 5) is 4.46. The Labute approximate surface area is 170 Å². The van der Waals surface area contributed by atoms with Crippen LogP contribution in [0.25, 0.3) is 0 Å². The fourth-order valence-corrected chi connectivity index (χ4v) is 4.60. The van der Waals surface area contributed by atoms with E-state index in [-0.39, 0.29) is 11.0 Å². The SMILES string of the molecule is CN=C(NCc1ccc(S(=O)(=O)NCC2CCCO2)cc1)NCc1ccsc1. The molecule has 3 rings (SSSR count). The van der Waals surface area contributed by atoms with Crippen LogP contribution in [-0.2, 0) is 27.8 Å². The Morgan fingerprint density at radius 3 is 2.54 bits per heavy atom. The largest absolute Gasteiger partial charge is 0.377 e. The Morgan fingerprint density at radius 1 is 1.18 bits per heavy atom. The van der Waals surface area contributed by atoms with E-state index in [9.17, 15) is 8.42 Å². The number of guanidine groups is 1. The summed E-state index contributed by atoms with van der Waals surface area (Å²) in [6.45, 7) is 2.28. The van der Waals surface area contributed by atoms with Crippen molar-refractivity contribution in [2.45, 2.75) is 36.9 Å². The van der Waals surface area contributed by atoms with Crippen LogP contribution in [0.2, 0.25) is 0 Å². The summed E-state index contributed by atoms with van der Waals surface area (Å²) in [6.07, 6.45) is 1.86. The molecular weight excluding hydrogens is 396 g/mol. The van der Waals surface area contributed by atoms with E-state index in [1.165, 1.54) is 5.56 Å². The molecule has 1 aliphatic rings. The van der Waals surface area contributed by atoms with Crippen molar-refractivity contribution in [3.8, 4) is 0 Å². The Morgan fingerprint density at radius 2 is 1.93 bits per heavy atom. The predicted molar refractivity (Wildman–Crippen MR) is 112 cm³/mol. The molecule has 7 nitrogen and oxygen atoms in total. The number of aliphatic imine (C=N–C) groups is 1. The molecule has 9 heteroatoms. The summed E-state index contributed by atoms with van der Waals surface area (Å²) < 4.78 is 32.9. The monoisotopic (exact) mass is 422 g/mol. The van der Waals surface area contributed by atoms with Gasteiger partial charge >= 0.3 is 0 Å². The standard InChI is InChI=1S/C19H26N4O3S2/c1-20-19(22-12-16-8-10-27-14-16)21-11-15-4-6-18(7-5-15)28(24,25)23-13-17-3-2-9-26-17/h4-8,10,14,17,23H,2-3,9,11-13H2,1H3,(H2,20,21,22). The van der Waals surface area contributed by atoms with Gasteiger partial charge < -0.3 is 15.4 Å². The number of benzene rings is 1. The van der Waals surface area contributed by atoms with Gasteiger partial charge in [-0.2, -0.15) is 11.3 Å². The van der Waals surface area contributed by atoms with Crippen molar-refractivity contribution in [3.63, 3.8) is 0 Å². The van der Waals surface area contributed by atoms with E-state index in [0.717, 1.165) is 18.4 Å². The van der Waals surface area contributed by atoms with Crippen molar-refractivity contribution in [2.24, 2.45) is 4.99 Å². The van der Waals surface area contributed by atoms with Crippen molar-refractivity contribution >= 4 is 27.3 Å². The molecule has 1 atom stereocenters. The molecule has 0 aliphatic carbocycles. The molecule has 1 aliphatic heterocycles. The maximum atomic E-state index is 12.4. The molecule has 3 N–H and O–H groups in total. The maximum absolute atomic E-state index is 12.4. The highest BCUT2D eigenvalue weighted by atomic mass is 32.2. The van der Waals surface area contributed by atoms with Gasteiger partial charge in [0, 0.05) is 33.3 Å². The lowest BCUT2D eigenvalue weighted by Crippen LogP contribution is -2.36. The molecule has 1 saturated heterocycles. The Kier molecular flexibility index (Phi) is 7.43. The maximum Gasteiger partial charge on any atom is 0.240 e. The molecule has 28 heavy (non-hydrogen) atoms. The van der Waals surface area contributed by atoms with Crippen LogP contribution >= 0.6 is 11.3 Å². The van der Waals surface area contributed by atoms with E-state index >= 15 is 0 Å². The molecule has 0 radical (unpaired) electrons. The van der Waals surface area contributed by atoms with E-state index in [4.69, 9.17) is 4.74 Å². The summed E-state index contributed by atoms with van der Waals surface area (Å²) in [5.74, 6) is 0.695. The molecule has 152 valence electrons. The molecule has 0 bridgehead atoms. The predicted octanol–water partition coefficient (Wildman–Crippen LogP) is 2.07. The number of sulfonamides is 1. The first-order valence-electron chi connectivity index (χ1n) is 9.22. The summed E-state index contributed by atoms with van der Waals surface area (Å²) in [5.41, 5.74) is 2.18. The van der Waals surface area contributed by atoms with Crippen LogP contribution in [-0.4, -0.2) is 40.7 Å². The second-order valence-corrected chi connectivity index (χ2v) is 9.09. The van der Waals surface area contributed by atoms with Gasteiger partial charge in [0.1, 0.15) is 0 Å². The minimum absolute atomic E-state index is 0.0217. The summed E-state index contributed by atoms with van der Waals surface area (Å²) in [7, 11) is -1.80. The van der Waals surface area contributed by atoms with Crippen LogP contribution in [0.4, 0.5) is 0 Å². The van der Waals surface area contributed by atoms with Gasteiger partial charge in [0.05, 0.1) is 11.0 Å². The van der Waals surface area contributed by atoms with Crippen LogP contribution in [0.5, 0.6) is 0 Å². The molecule has 0 spiro atoms. The number of nitrogens with zero attached hydrogens (tertiary/aromatic N) is 1. The zero-order valence-electron chi connectivity index (χ0n) is 15.8. The van der Waals surface area contributed by atoms with Gasteiger partial charge in [-0.15, -0.1) is 0 Å². The van der Waals surface area contributed by atoms with Gasteiger partial charge in [-0.25, -0.2) is 13.1 Å². The van der Waals surface area contributed by atoms with Gasteiger partial charge in [-0.3, -0.25) is 4.99 Å². The van der Waals surface area contributed by atoms with Crippen molar-refractivity contribution in [1.29, 1.82) is 0 Å². The van der Waals surface area contributed by atoms with Gasteiger partial charge in [-0.1, -0.05) is 12.1 Å². The van der Waals surface area contributed by atoms with Crippen LogP contribution in [0.1, 0.15) is 24.0 Å². The van der Waals surface area contributed by atoms with Gasteiger partial charge in [0.2, 0.25) is 10.0 Å². The molecular formula is C19H26N4O3S2. The van der Waals surface area contributed by atoms with Crippen molar-refractivity contribution in [3.05, 3.63) is 52.2 Å². The minimum atomic E-state index is -3.52. The van der Waals surface area contributed by atoms with Crippen LogP contribution in [0.15, 0.2) is 51.0 Å². The number of hydrogen-bond acceptors (Lipinski definition) is 5. The van der Waals surface area contributed by atoms with Crippen LogP contribution in [0.3, 0.4) is 0 Å². The highest BCUT2D eigenvalue weighted by molar-refractivity contribution is 7.89. The van der Waals surface area contributed by atoms with Crippen molar-refractivity contribution in [2.75, 3.05) is 20.2 Å². The molecule has 0 saturated carbocycles. The van der Waals surface area contributed by atoms with E-state index in [2.05, 4.69) is 31.8 Å². The van der Waals surface area contributed by atoms with E-state index in [1.54, 1.807) is 42.6 Å². The number of nitrogens with one attached hydrogen (secondary N) is 3. The molecule has 2 aromatic rings. The molecule has 1 aromatic carbocycles. The van der Waals surface area contributed by atoms with Crippen molar-refractivity contribution < 1.29 is 13.2 Å². The lowest BCUT2D eigenvalue weighted by molar-refractivity contribution is 0.114. The number of hydrogen-bond donors (Lipinski definition) is 3. The van der Waals surface area contributed by atoms with Crippen LogP contribution < -0.4 is 15.4 Å². The number of ether oxygens (including phenoxy) is 1. The normalized spacial score (nSPS) is 17.6. The number of rotatable bonds is 8. The second kappa shape index (κ2) is 10.0. The third kappa shape index (κ3) is 6.03. The average Bonchev–Trinajstić information content (AvgIpc) is 3.41. The number of thiophene rings is 1. The van der Waals surface area contributed by atoms with Crippen LogP contribution in [0, 0.1) is 0 Å². The third-order valence-electron chi connectivity index (χ3n) is 4.48. The first-order valence-corrected chi connectivity index (χ1v) is 11.7. The Bertz CT molecular complexity index is 859. The summed E-state index contributed by atoms with van der Waals surface area (Å²) >= 11 is 1.66. The van der Waals surface area contributed by atoms with E-state index in [1.807, 2.05) is 5.38 Å². The van der Waals surface area contributed by atoms with Gasteiger partial charge in [0.15, 0.2) is 5.96 Å². The van der Waals surface area contributed by atoms with E-state index in [0.29, 0.717) is 32.2 Å². The molecule has 1 fully saturated rings.